The van der Waals surface area contributed by atoms with Crippen LogP contribution in [0.15, 0.2) is 55.1 Å². The third-order valence-electron chi connectivity index (χ3n) is 4.31. The molecule has 5 heteroatoms. The average molecular weight is 350 g/mol. The zero-order chi connectivity index (χ0) is 18.5. The van der Waals surface area contributed by atoms with E-state index in [9.17, 15) is 9.59 Å². The maximum Gasteiger partial charge on any atom is 0.251 e. The lowest BCUT2D eigenvalue weighted by atomic mass is 10.1. The van der Waals surface area contributed by atoms with E-state index in [1.54, 1.807) is 6.07 Å². The second-order valence-corrected chi connectivity index (χ2v) is 6.34. The second-order valence-electron chi connectivity index (χ2n) is 6.34. The van der Waals surface area contributed by atoms with Crippen LogP contribution in [-0.2, 0) is 24.3 Å². The van der Waals surface area contributed by atoms with E-state index in [2.05, 4.69) is 23.3 Å². The predicted molar refractivity (Wildman–Crippen MR) is 99.9 cm³/mol. The van der Waals surface area contributed by atoms with Gasteiger partial charge in [0.1, 0.15) is 11.9 Å². The molecule has 2 amide bonds. The van der Waals surface area contributed by atoms with E-state index in [0.29, 0.717) is 12.1 Å². The molecule has 2 aromatic rings. The number of ether oxygens (including phenoxy) is 1. The maximum atomic E-state index is 12.6. The molecule has 0 bridgehead atoms. The van der Waals surface area contributed by atoms with E-state index in [1.807, 2.05) is 37.3 Å². The van der Waals surface area contributed by atoms with Crippen molar-refractivity contribution in [3.8, 4) is 5.75 Å². The number of hydrogen-bond acceptors (Lipinski definition) is 3. The van der Waals surface area contributed by atoms with E-state index in [1.165, 1.54) is 11.6 Å². The molecule has 3 rings (SSSR count). The molecule has 0 spiro atoms. The van der Waals surface area contributed by atoms with Gasteiger partial charge < -0.3 is 15.4 Å². The molecular weight excluding hydrogens is 328 g/mol. The topological polar surface area (TPSA) is 67.4 Å². The first-order chi connectivity index (χ1) is 12.6. The monoisotopic (exact) mass is 350 g/mol. The molecule has 0 radical (unpaired) electrons. The standard InChI is InChI=1S/C21H22N2O3/c1-3-20(24)22-13-16-6-4-5-7-18(16)21(25)23-12-15-8-9-19-17(11-15)10-14(2)26-19/h3-9,11,14H,1,10,12-13H2,2H3,(H,22,24)(H,23,25). The second kappa shape index (κ2) is 7.87. The van der Waals surface area contributed by atoms with Gasteiger partial charge in [-0.3, -0.25) is 9.59 Å². The summed E-state index contributed by atoms with van der Waals surface area (Å²) < 4.78 is 5.70. The highest BCUT2D eigenvalue weighted by Gasteiger charge is 2.19. The van der Waals surface area contributed by atoms with Gasteiger partial charge in [-0.1, -0.05) is 36.9 Å². The fourth-order valence-electron chi connectivity index (χ4n) is 3.01. The van der Waals surface area contributed by atoms with Crippen LogP contribution in [0, 0.1) is 0 Å². The van der Waals surface area contributed by atoms with Crippen molar-refractivity contribution in [2.75, 3.05) is 0 Å². The number of carbonyl (C=O) groups is 2. The highest BCUT2D eigenvalue weighted by atomic mass is 16.5. The van der Waals surface area contributed by atoms with Crippen molar-refractivity contribution < 1.29 is 14.3 Å². The van der Waals surface area contributed by atoms with Crippen molar-refractivity contribution in [1.29, 1.82) is 0 Å². The SMILES string of the molecule is C=CC(=O)NCc1ccccc1C(=O)NCc1ccc2c(c1)CC(C)O2. The summed E-state index contributed by atoms with van der Waals surface area (Å²) in [4.78, 5) is 23.9. The van der Waals surface area contributed by atoms with Crippen LogP contribution >= 0.6 is 0 Å². The molecule has 134 valence electrons. The quantitative estimate of drug-likeness (QED) is 0.787. The zero-order valence-corrected chi connectivity index (χ0v) is 14.7. The van der Waals surface area contributed by atoms with Crippen LogP contribution in [0.25, 0.3) is 0 Å². The summed E-state index contributed by atoms with van der Waals surface area (Å²) in [7, 11) is 0. The molecular formula is C21H22N2O3. The Morgan fingerprint density at radius 1 is 1.19 bits per heavy atom. The van der Waals surface area contributed by atoms with Gasteiger partial charge in [0.15, 0.2) is 0 Å². The molecule has 0 fully saturated rings. The first-order valence-corrected chi connectivity index (χ1v) is 8.61. The van der Waals surface area contributed by atoms with Gasteiger partial charge in [-0.05, 0) is 41.8 Å². The Hall–Kier alpha value is -3.08. The maximum absolute atomic E-state index is 12.6. The molecule has 2 N–H and O–H groups in total. The fraction of sp³-hybridized carbons (Fsp3) is 0.238. The fourth-order valence-corrected chi connectivity index (χ4v) is 3.01. The van der Waals surface area contributed by atoms with Crippen molar-refractivity contribution in [3.05, 3.63) is 77.4 Å². The Morgan fingerprint density at radius 2 is 2.00 bits per heavy atom. The minimum absolute atomic E-state index is 0.168. The minimum atomic E-state index is -0.269. The number of carbonyl (C=O) groups excluding carboxylic acids is 2. The zero-order valence-electron chi connectivity index (χ0n) is 14.7. The number of amides is 2. The normalized spacial score (nSPS) is 14.9. The molecule has 0 saturated heterocycles. The number of hydrogen-bond donors (Lipinski definition) is 2. The van der Waals surface area contributed by atoms with Gasteiger partial charge in [-0.25, -0.2) is 0 Å². The van der Waals surface area contributed by atoms with E-state index >= 15 is 0 Å². The summed E-state index contributed by atoms with van der Waals surface area (Å²) in [5.74, 6) is 0.490. The molecule has 1 unspecified atom stereocenters. The van der Waals surface area contributed by atoms with Gasteiger partial charge in [-0.2, -0.15) is 0 Å². The Balaban J connectivity index is 1.64. The molecule has 1 aliphatic heterocycles. The lowest BCUT2D eigenvalue weighted by Gasteiger charge is -2.11. The van der Waals surface area contributed by atoms with Crippen LogP contribution in [0.2, 0.25) is 0 Å². The Bertz CT molecular complexity index is 845. The average Bonchev–Trinajstić information content (AvgIpc) is 3.03. The number of rotatable bonds is 6. The molecule has 0 aliphatic carbocycles. The summed E-state index contributed by atoms with van der Waals surface area (Å²) in [6.45, 7) is 6.19. The van der Waals surface area contributed by atoms with E-state index in [0.717, 1.165) is 23.3 Å². The van der Waals surface area contributed by atoms with Crippen LogP contribution in [-0.4, -0.2) is 17.9 Å². The molecule has 5 nitrogen and oxygen atoms in total. The highest BCUT2D eigenvalue weighted by Crippen LogP contribution is 2.29. The van der Waals surface area contributed by atoms with Crippen LogP contribution in [0.1, 0.15) is 34.0 Å². The third-order valence-corrected chi connectivity index (χ3v) is 4.31. The van der Waals surface area contributed by atoms with Crippen LogP contribution in [0.5, 0.6) is 5.75 Å². The molecule has 26 heavy (non-hydrogen) atoms. The number of nitrogens with one attached hydrogen (secondary N) is 2. The summed E-state index contributed by atoms with van der Waals surface area (Å²) in [5, 5.41) is 5.65. The third kappa shape index (κ3) is 4.11. The van der Waals surface area contributed by atoms with Gasteiger partial charge in [0.25, 0.3) is 5.91 Å². The summed E-state index contributed by atoms with van der Waals surface area (Å²) >= 11 is 0. The summed E-state index contributed by atoms with van der Waals surface area (Å²) in [6.07, 6.45) is 2.30. The van der Waals surface area contributed by atoms with Gasteiger partial charge in [0, 0.05) is 25.1 Å². The van der Waals surface area contributed by atoms with Crippen molar-refractivity contribution in [2.24, 2.45) is 0 Å². The van der Waals surface area contributed by atoms with Crippen molar-refractivity contribution >= 4 is 11.8 Å². The van der Waals surface area contributed by atoms with Gasteiger partial charge >= 0.3 is 0 Å². The first kappa shape index (κ1) is 17.7. The molecule has 0 saturated carbocycles. The van der Waals surface area contributed by atoms with Crippen molar-refractivity contribution in [3.63, 3.8) is 0 Å². The van der Waals surface area contributed by atoms with Gasteiger partial charge in [-0.15, -0.1) is 0 Å². The van der Waals surface area contributed by atoms with E-state index < -0.39 is 0 Å². The van der Waals surface area contributed by atoms with Crippen LogP contribution in [0.3, 0.4) is 0 Å². The minimum Gasteiger partial charge on any atom is -0.490 e. The lowest BCUT2D eigenvalue weighted by Crippen LogP contribution is -2.26. The van der Waals surface area contributed by atoms with Gasteiger partial charge in [0.2, 0.25) is 5.91 Å². The number of benzene rings is 2. The van der Waals surface area contributed by atoms with Crippen molar-refractivity contribution in [2.45, 2.75) is 32.5 Å². The Kier molecular flexibility index (Phi) is 5.37. The Labute approximate surface area is 153 Å². The van der Waals surface area contributed by atoms with Gasteiger partial charge in [0.05, 0.1) is 0 Å². The molecule has 0 aromatic heterocycles. The number of fused-ring (bicyclic) bond motifs is 1. The smallest absolute Gasteiger partial charge is 0.251 e. The largest absolute Gasteiger partial charge is 0.490 e. The molecule has 1 aliphatic rings. The first-order valence-electron chi connectivity index (χ1n) is 8.61. The van der Waals surface area contributed by atoms with E-state index in [4.69, 9.17) is 4.74 Å². The van der Waals surface area contributed by atoms with Crippen LogP contribution in [0.4, 0.5) is 0 Å². The Morgan fingerprint density at radius 3 is 2.81 bits per heavy atom. The predicted octanol–water partition coefficient (Wildman–Crippen LogP) is 2.74. The van der Waals surface area contributed by atoms with E-state index in [-0.39, 0.29) is 24.5 Å². The van der Waals surface area contributed by atoms with Crippen molar-refractivity contribution in [1.82, 2.24) is 10.6 Å². The highest BCUT2D eigenvalue weighted by molar-refractivity contribution is 5.96. The molecule has 1 heterocycles. The van der Waals surface area contributed by atoms with Crippen LogP contribution < -0.4 is 15.4 Å². The lowest BCUT2D eigenvalue weighted by molar-refractivity contribution is -0.116. The summed E-state index contributed by atoms with van der Waals surface area (Å²) in [5.41, 5.74) is 3.52. The molecule has 2 aromatic carbocycles. The summed E-state index contributed by atoms with van der Waals surface area (Å²) in [6, 6.07) is 13.2. The molecule has 1 atom stereocenters.